The first-order valence-corrected chi connectivity index (χ1v) is 8.64. The highest BCUT2D eigenvalue weighted by Gasteiger charge is 2.31. The minimum Gasteiger partial charge on any atom is -0.481 e. The Morgan fingerprint density at radius 2 is 1.41 bits per heavy atom. The van der Waals surface area contributed by atoms with E-state index in [2.05, 4.69) is 16.0 Å². The molecular weight excluding hydrogens is 392 g/mol. The Morgan fingerprint density at radius 3 is 1.86 bits per heavy atom. The average molecular weight is 418 g/mol. The molecular formula is C16H26N4O9. The van der Waals surface area contributed by atoms with Crippen molar-refractivity contribution in [1.29, 1.82) is 0 Å². The Labute approximate surface area is 166 Å². The number of carboxylic acids is 3. The molecule has 0 aromatic rings. The maximum Gasteiger partial charge on any atom is 0.322 e. The van der Waals surface area contributed by atoms with Crippen LogP contribution in [0.4, 0.5) is 0 Å². The minimum atomic E-state index is -1.58. The summed E-state index contributed by atoms with van der Waals surface area (Å²) in [6.07, 6.45) is -1.44. The SMILES string of the molecule is CC(C)C(NC(=O)C(CC(=O)O)NC(=O)C(N)CCC(=O)O)C(=O)NCC(=O)O. The molecule has 13 heteroatoms. The molecule has 0 aromatic carbocycles. The zero-order chi connectivity index (χ0) is 22.7. The Hall–Kier alpha value is -3.22. The summed E-state index contributed by atoms with van der Waals surface area (Å²) in [5, 5.41) is 32.7. The van der Waals surface area contributed by atoms with Crippen LogP contribution in [-0.4, -0.2) is 75.6 Å². The summed E-state index contributed by atoms with van der Waals surface area (Å²) in [6, 6.07) is -4.05. The van der Waals surface area contributed by atoms with E-state index < -0.39 is 79.1 Å². The molecule has 0 aliphatic carbocycles. The van der Waals surface area contributed by atoms with Crippen molar-refractivity contribution in [2.24, 2.45) is 11.7 Å². The van der Waals surface area contributed by atoms with Crippen LogP contribution in [0.5, 0.6) is 0 Å². The normalized spacial score (nSPS) is 13.7. The molecule has 13 nitrogen and oxygen atoms in total. The van der Waals surface area contributed by atoms with Gasteiger partial charge in [0.25, 0.3) is 0 Å². The summed E-state index contributed by atoms with van der Waals surface area (Å²) >= 11 is 0. The van der Waals surface area contributed by atoms with Gasteiger partial charge in [0.1, 0.15) is 18.6 Å². The molecule has 0 saturated carbocycles. The fourth-order valence-electron chi connectivity index (χ4n) is 2.13. The number of carbonyl (C=O) groups excluding carboxylic acids is 3. The number of rotatable bonds is 13. The van der Waals surface area contributed by atoms with E-state index in [-0.39, 0.29) is 6.42 Å². The van der Waals surface area contributed by atoms with Crippen molar-refractivity contribution in [3.05, 3.63) is 0 Å². The van der Waals surface area contributed by atoms with Crippen molar-refractivity contribution in [1.82, 2.24) is 16.0 Å². The highest BCUT2D eigenvalue weighted by molar-refractivity contribution is 5.95. The molecule has 3 unspecified atom stereocenters. The van der Waals surface area contributed by atoms with Crippen molar-refractivity contribution in [3.63, 3.8) is 0 Å². The number of hydrogen-bond donors (Lipinski definition) is 7. The molecule has 0 saturated heterocycles. The van der Waals surface area contributed by atoms with Gasteiger partial charge >= 0.3 is 17.9 Å². The second-order valence-corrected chi connectivity index (χ2v) is 6.54. The van der Waals surface area contributed by atoms with Gasteiger partial charge in [0, 0.05) is 6.42 Å². The lowest BCUT2D eigenvalue weighted by Gasteiger charge is -2.25. The highest BCUT2D eigenvalue weighted by atomic mass is 16.4. The molecule has 0 heterocycles. The summed E-state index contributed by atoms with van der Waals surface area (Å²) in [5.41, 5.74) is 5.54. The highest BCUT2D eigenvalue weighted by Crippen LogP contribution is 2.05. The van der Waals surface area contributed by atoms with Gasteiger partial charge in [-0.2, -0.15) is 0 Å². The minimum absolute atomic E-state index is 0.227. The predicted molar refractivity (Wildman–Crippen MR) is 96.4 cm³/mol. The van der Waals surface area contributed by atoms with Crippen LogP contribution in [0.2, 0.25) is 0 Å². The monoisotopic (exact) mass is 418 g/mol. The van der Waals surface area contributed by atoms with E-state index in [4.69, 9.17) is 21.1 Å². The number of aliphatic carboxylic acids is 3. The van der Waals surface area contributed by atoms with Crippen LogP contribution in [0.1, 0.15) is 33.1 Å². The lowest BCUT2D eigenvalue weighted by atomic mass is 10.0. The topological polar surface area (TPSA) is 225 Å². The van der Waals surface area contributed by atoms with Crippen LogP contribution in [-0.2, 0) is 28.8 Å². The number of amides is 3. The van der Waals surface area contributed by atoms with E-state index in [1.807, 2.05) is 0 Å². The van der Waals surface area contributed by atoms with Crippen LogP contribution < -0.4 is 21.7 Å². The van der Waals surface area contributed by atoms with Gasteiger partial charge in [-0.3, -0.25) is 28.8 Å². The van der Waals surface area contributed by atoms with Gasteiger partial charge in [-0.1, -0.05) is 13.8 Å². The summed E-state index contributed by atoms with van der Waals surface area (Å²) < 4.78 is 0. The van der Waals surface area contributed by atoms with E-state index in [1.165, 1.54) is 0 Å². The molecule has 0 aromatic heterocycles. The molecule has 0 bridgehead atoms. The molecule has 0 aliphatic rings. The molecule has 0 radical (unpaired) electrons. The first kappa shape index (κ1) is 25.8. The van der Waals surface area contributed by atoms with Crippen molar-refractivity contribution in [2.45, 2.75) is 51.2 Å². The number of hydrogen-bond acceptors (Lipinski definition) is 7. The summed E-state index contributed by atoms with van der Waals surface area (Å²) in [4.78, 5) is 68.7. The molecule has 0 fully saturated rings. The molecule has 8 N–H and O–H groups in total. The van der Waals surface area contributed by atoms with Crippen molar-refractivity contribution in [3.8, 4) is 0 Å². The molecule has 0 aliphatic heterocycles. The van der Waals surface area contributed by atoms with Crippen LogP contribution in [0, 0.1) is 5.92 Å². The molecule has 3 atom stereocenters. The summed E-state index contributed by atoms with van der Waals surface area (Å²) in [5.74, 6) is -7.08. The van der Waals surface area contributed by atoms with Crippen molar-refractivity contribution < 1.29 is 44.1 Å². The van der Waals surface area contributed by atoms with E-state index in [9.17, 15) is 28.8 Å². The Balaban J connectivity index is 5.18. The van der Waals surface area contributed by atoms with Gasteiger partial charge in [-0.15, -0.1) is 0 Å². The lowest BCUT2D eigenvalue weighted by molar-refractivity contribution is -0.142. The first-order chi connectivity index (χ1) is 13.3. The number of carboxylic acid groups (broad SMARTS) is 3. The van der Waals surface area contributed by atoms with Gasteiger partial charge in [-0.05, 0) is 12.3 Å². The van der Waals surface area contributed by atoms with E-state index in [0.717, 1.165) is 0 Å². The Bertz CT molecular complexity index is 650. The third-order valence-corrected chi connectivity index (χ3v) is 3.68. The van der Waals surface area contributed by atoms with Crippen LogP contribution >= 0.6 is 0 Å². The van der Waals surface area contributed by atoms with Crippen molar-refractivity contribution >= 4 is 35.6 Å². The zero-order valence-corrected chi connectivity index (χ0v) is 16.0. The van der Waals surface area contributed by atoms with E-state index in [1.54, 1.807) is 13.8 Å². The fourth-order valence-corrected chi connectivity index (χ4v) is 2.13. The van der Waals surface area contributed by atoms with E-state index in [0.29, 0.717) is 0 Å². The largest absolute Gasteiger partial charge is 0.481 e. The predicted octanol–water partition coefficient (Wildman–Crippen LogP) is -2.52. The Morgan fingerprint density at radius 1 is 0.828 bits per heavy atom. The van der Waals surface area contributed by atoms with Gasteiger partial charge in [0.2, 0.25) is 17.7 Å². The second kappa shape index (κ2) is 12.3. The number of carbonyl (C=O) groups is 6. The molecule has 0 rings (SSSR count). The quantitative estimate of drug-likeness (QED) is 0.166. The maximum absolute atomic E-state index is 12.4. The third kappa shape index (κ3) is 10.6. The molecule has 0 spiro atoms. The van der Waals surface area contributed by atoms with Crippen LogP contribution in [0.3, 0.4) is 0 Å². The number of nitrogens with one attached hydrogen (secondary N) is 3. The number of nitrogens with two attached hydrogens (primary N) is 1. The summed E-state index contributed by atoms with van der Waals surface area (Å²) in [7, 11) is 0. The fraction of sp³-hybridized carbons (Fsp3) is 0.625. The van der Waals surface area contributed by atoms with Crippen LogP contribution in [0.25, 0.3) is 0 Å². The standard InChI is InChI=1S/C16H26N4O9/c1-7(2)13(16(29)18-6-12(25)26)20-15(28)9(5-11(23)24)19-14(27)8(17)3-4-10(21)22/h7-9,13H,3-6,17H2,1-2H3,(H,18,29)(H,19,27)(H,20,28)(H,21,22)(H,23,24)(H,25,26). The third-order valence-electron chi connectivity index (χ3n) is 3.68. The van der Waals surface area contributed by atoms with Gasteiger partial charge in [-0.25, -0.2) is 0 Å². The van der Waals surface area contributed by atoms with Gasteiger partial charge in [0.05, 0.1) is 12.5 Å². The smallest absolute Gasteiger partial charge is 0.322 e. The molecule has 29 heavy (non-hydrogen) atoms. The van der Waals surface area contributed by atoms with E-state index >= 15 is 0 Å². The average Bonchev–Trinajstić information content (AvgIpc) is 2.60. The molecule has 3 amide bonds. The van der Waals surface area contributed by atoms with Crippen LogP contribution in [0.15, 0.2) is 0 Å². The summed E-state index contributed by atoms with van der Waals surface area (Å²) in [6.45, 7) is 2.46. The van der Waals surface area contributed by atoms with Gasteiger partial charge in [0.15, 0.2) is 0 Å². The Kier molecular flexibility index (Phi) is 10.9. The van der Waals surface area contributed by atoms with Gasteiger partial charge < -0.3 is 37.0 Å². The zero-order valence-electron chi connectivity index (χ0n) is 16.0. The molecule has 164 valence electrons. The maximum atomic E-state index is 12.4. The second-order valence-electron chi connectivity index (χ2n) is 6.54. The first-order valence-electron chi connectivity index (χ1n) is 8.64. The van der Waals surface area contributed by atoms with Crippen molar-refractivity contribution in [2.75, 3.05) is 6.54 Å². The lowest BCUT2D eigenvalue weighted by Crippen LogP contribution is -2.57.